The highest BCUT2D eigenvalue weighted by Gasteiger charge is 2.16. The van der Waals surface area contributed by atoms with Crippen LogP contribution in [0.2, 0.25) is 0 Å². The van der Waals surface area contributed by atoms with Crippen molar-refractivity contribution in [3.8, 4) is 0 Å². The first kappa shape index (κ1) is 12.2. The first-order valence-electron chi connectivity index (χ1n) is 5.71. The molecule has 0 bridgehead atoms. The van der Waals surface area contributed by atoms with Crippen LogP contribution in [0.5, 0.6) is 0 Å². The predicted molar refractivity (Wildman–Crippen MR) is 67.1 cm³/mol. The highest BCUT2D eigenvalue weighted by atomic mass is 16.1. The van der Waals surface area contributed by atoms with Crippen molar-refractivity contribution in [3.63, 3.8) is 0 Å². The molecule has 2 aromatic rings. The molecule has 0 saturated carbocycles. The molecule has 0 radical (unpaired) electrons. The fraction of sp³-hybridized carbons (Fsp3) is 0.333. The Bertz CT molecular complexity index is 561. The number of nitrogen functional groups attached to an aromatic ring is 1. The Morgan fingerprint density at radius 3 is 2.89 bits per heavy atom. The normalized spacial score (nSPS) is 10.8. The number of nitrogens with zero attached hydrogens (tertiary/aromatic N) is 4. The Hall–Kier alpha value is -2.24. The van der Waals surface area contributed by atoms with Gasteiger partial charge in [-0.2, -0.15) is 5.10 Å². The molecule has 0 fully saturated rings. The maximum Gasteiger partial charge on any atom is 0.190 e. The third-order valence-corrected chi connectivity index (χ3v) is 2.56. The van der Waals surface area contributed by atoms with Gasteiger partial charge in [0.05, 0.1) is 12.1 Å². The van der Waals surface area contributed by atoms with Crippen molar-refractivity contribution in [3.05, 3.63) is 36.2 Å². The van der Waals surface area contributed by atoms with Gasteiger partial charge >= 0.3 is 0 Å². The maximum absolute atomic E-state index is 12.1. The quantitative estimate of drug-likeness (QED) is 0.819. The lowest BCUT2D eigenvalue weighted by Gasteiger charge is -2.09. The van der Waals surface area contributed by atoms with Gasteiger partial charge < -0.3 is 5.73 Å². The summed E-state index contributed by atoms with van der Waals surface area (Å²) in [6, 6.07) is 3.52. The first-order chi connectivity index (χ1) is 8.59. The average Bonchev–Trinajstić information content (AvgIpc) is 2.77. The van der Waals surface area contributed by atoms with E-state index in [4.69, 9.17) is 5.73 Å². The minimum atomic E-state index is -0.150. The molecule has 2 heterocycles. The second-order valence-corrected chi connectivity index (χ2v) is 4.26. The van der Waals surface area contributed by atoms with Crippen LogP contribution < -0.4 is 5.73 Å². The first-order valence-corrected chi connectivity index (χ1v) is 5.71. The average molecular weight is 245 g/mol. The summed E-state index contributed by atoms with van der Waals surface area (Å²) in [6.07, 6.45) is 3.15. The van der Waals surface area contributed by atoms with Crippen LogP contribution in [-0.4, -0.2) is 25.5 Å². The molecule has 0 aromatic carbocycles. The number of carbonyl (C=O) groups is 1. The van der Waals surface area contributed by atoms with E-state index in [9.17, 15) is 4.79 Å². The number of hydrogen-bond acceptors (Lipinski definition) is 5. The van der Waals surface area contributed by atoms with Crippen molar-refractivity contribution < 1.29 is 4.79 Å². The molecule has 0 amide bonds. The van der Waals surface area contributed by atoms with Crippen LogP contribution in [0, 0.1) is 0 Å². The Balaban J connectivity index is 2.22. The van der Waals surface area contributed by atoms with Gasteiger partial charge in [-0.3, -0.25) is 9.78 Å². The summed E-state index contributed by atoms with van der Waals surface area (Å²) in [5.41, 5.74) is 6.40. The molecule has 0 aliphatic heterocycles. The standard InChI is InChI=1S/C12H15N5O/c1-8(2)17-11(15-7-16-17)6-10(18)12-9(13)4-3-5-14-12/h3-5,7-8H,6,13H2,1-2H3. The van der Waals surface area contributed by atoms with Gasteiger partial charge in [-0.25, -0.2) is 9.67 Å². The highest BCUT2D eigenvalue weighted by Crippen LogP contribution is 2.12. The fourth-order valence-electron chi connectivity index (χ4n) is 1.71. The van der Waals surface area contributed by atoms with E-state index in [-0.39, 0.29) is 23.9 Å². The fourth-order valence-corrected chi connectivity index (χ4v) is 1.71. The molecule has 0 spiro atoms. The van der Waals surface area contributed by atoms with E-state index in [2.05, 4.69) is 15.1 Å². The van der Waals surface area contributed by atoms with Gasteiger partial charge in [0, 0.05) is 12.2 Å². The van der Waals surface area contributed by atoms with Crippen LogP contribution in [0.25, 0.3) is 0 Å². The zero-order valence-corrected chi connectivity index (χ0v) is 10.4. The number of anilines is 1. The van der Waals surface area contributed by atoms with Crippen LogP contribution in [0.3, 0.4) is 0 Å². The molecule has 0 atom stereocenters. The summed E-state index contributed by atoms with van der Waals surface area (Å²) >= 11 is 0. The Morgan fingerprint density at radius 2 is 2.22 bits per heavy atom. The zero-order valence-electron chi connectivity index (χ0n) is 10.4. The number of carbonyl (C=O) groups excluding carboxylic acids is 1. The Kier molecular flexibility index (Phi) is 3.36. The predicted octanol–water partition coefficient (Wildman–Crippen LogP) is 1.26. The third-order valence-electron chi connectivity index (χ3n) is 2.56. The smallest absolute Gasteiger partial charge is 0.190 e. The SMILES string of the molecule is CC(C)n1ncnc1CC(=O)c1ncccc1N. The summed E-state index contributed by atoms with van der Waals surface area (Å²) in [4.78, 5) is 20.2. The number of nitrogens with two attached hydrogens (primary N) is 1. The topological polar surface area (TPSA) is 86.7 Å². The summed E-state index contributed by atoms with van der Waals surface area (Å²) in [5, 5.41) is 4.09. The lowest BCUT2D eigenvalue weighted by Crippen LogP contribution is -2.15. The van der Waals surface area contributed by atoms with Crippen molar-refractivity contribution in [1.29, 1.82) is 0 Å². The van der Waals surface area contributed by atoms with E-state index in [0.717, 1.165) is 0 Å². The molecule has 0 saturated heterocycles. The van der Waals surface area contributed by atoms with E-state index < -0.39 is 0 Å². The Morgan fingerprint density at radius 1 is 1.44 bits per heavy atom. The van der Waals surface area contributed by atoms with E-state index >= 15 is 0 Å². The van der Waals surface area contributed by atoms with E-state index in [1.54, 1.807) is 23.0 Å². The van der Waals surface area contributed by atoms with Crippen molar-refractivity contribution >= 4 is 11.5 Å². The van der Waals surface area contributed by atoms with Crippen LogP contribution in [0.4, 0.5) is 5.69 Å². The maximum atomic E-state index is 12.1. The van der Waals surface area contributed by atoms with Crippen LogP contribution in [0.1, 0.15) is 36.2 Å². The number of rotatable bonds is 4. The van der Waals surface area contributed by atoms with Crippen molar-refractivity contribution in [2.75, 3.05) is 5.73 Å². The zero-order chi connectivity index (χ0) is 13.1. The number of ketones is 1. The van der Waals surface area contributed by atoms with Crippen LogP contribution in [0.15, 0.2) is 24.7 Å². The van der Waals surface area contributed by atoms with Gasteiger partial charge in [-0.1, -0.05) is 0 Å². The molecule has 2 N–H and O–H groups in total. The third kappa shape index (κ3) is 2.37. The molecule has 0 aliphatic carbocycles. The van der Waals surface area contributed by atoms with Crippen LogP contribution >= 0.6 is 0 Å². The molecule has 6 heteroatoms. The molecule has 6 nitrogen and oxygen atoms in total. The van der Waals surface area contributed by atoms with E-state index in [0.29, 0.717) is 11.5 Å². The van der Waals surface area contributed by atoms with Crippen molar-refractivity contribution in [2.45, 2.75) is 26.3 Å². The van der Waals surface area contributed by atoms with Gasteiger partial charge in [0.1, 0.15) is 17.8 Å². The molecule has 94 valence electrons. The number of aromatic nitrogens is 4. The van der Waals surface area contributed by atoms with Gasteiger partial charge in [-0.05, 0) is 26.0 Å². The Labute approximate surface area is 105 Å². The van der Waals surface area contributed by atoms with Gasteiger partial charge in [0.25, 0.3) is 0 Å². The van der Waals surface area contributed by atoms with E-state index in [1.165, 1.54) is 6.33 Å². The number of pyridine rings is 1. The molecule has 2 aromatic heterocycles. The van der Waals surface area contributed by atoms with Crippen LogP contribution in [-0.2, 0) is 6.42 Å². The van der Waals surface area contributed by atoms with Crippen molar-refractivity contribution in [2.24, 2.45) is 0 Å². The number of hydrogen-bond donors (Lipinski definition) is 1. The summed E-state index contributed by atoms with van der Waals surface area (Å²) in [7, 11) is 0. The minimum absolute atomic E-state index is 0.150. The van der Waals surface area contributed by atoms with E-state index in [1.807, 2.05) is 13.8 Å². The lowest BCUT2D eigenvalue weighted by molar-refractivity contribution is 0.0985. The molecule has 0 aliphatic rings. The summed E-state index contributed by atoms with van der Waals surface area (Å²) in [5.74, 6) is 0.475. The second-order valence-electron chi connectivity index (χ2n) is 4.26. The van der Waals surface area contributed by atoms with Gasteiger partial charge in [0.2, 0.25) is 0 Å². The number of Topliss-reactive ketones (excluding diaryl/α,β-unsaturated/α-hetero) is 1. The van der Waals surface area contributed by atoms with Gasteiger partial charge in [0.15, 0.2) is 5.78 Å². The van der Waals surface area contributed by atoms with Gasteiger partial charge in [-0.15, -0.1) is 0 Å². The molecule has 18 heavy (non-hydrogen) atoms. The van der Waals surface area contributed by atoms with Crippen molar-refractivity contribution in [1.82, 2.24) is 19.7 Å². The monoisotopic (exact) mass is 245 g/mol. The largest absolute Gasteiger partial charge is 0.397 e. The minimum Gasteiger partial charge on any atom is -0.397 e. The highest BCUT2D eigenvalue weighted by molar-refractivity contribution is 5.99. The molecular weight excluding hydrogens is 230 g/mol. The second kappa shape index (κ2) is 4.95. The molecular formula is C12H15N5O. The molecule has 0 unspecified atom stereocenters. The molecule has 2 rings (SSSR count). The summed E-state index contributed by atoms with van der Waals surface area (Å²) < 4.78 is 1.72. The lowest BCUT2D eigenvalue weighted by atomic mass is 10.1. The summed E-state index contributed by atoms with van der Waals surface area (Å²) in [6.45, 7) is 3.97.